The third-order valence-electron chi connectivity index (χ3n) is 5.89. The van der Waals surface area contributed by atoms with Gasteiger partial charge in [0.25, 0.3) is 0 Å². The molecule has 0 amide bonds. The van der Waals surface area contributed by atoms with Crippen LogP contribution in [0.15, 0.2) is 18.2 Å². The second-order valence-corrected chi connectivity index (χ2v) is 8.12. The van der Waals surface area contributed by atoms with Crippen LogP contribution in [0, 0.1) is 12.8 Å². The van der Waals surface area contributed by atoms with Gasteiger partial charge < -0.3 is 29.9 Å². The summed E-state index contributed by atoms with van der Waals surface area (Å²) in [5.41, 5.74) is 5.82. The molecule has 3 N–H and O–H groups in total. The number of rotatable bonds is 4. The van der Waals surface area contributed by atoms with E-state index in [2.05, 4.69) is 23.2 Å². The van der Waals surface area contributed by atoms with Crippen molar-refractivity contribution in [3.63, 3.8) is 0 Å². The first-order valence-corrected chi connectivity index (χ1v) is 10.9. The van der Waals surface area contributed by atoms with Crippen LogP contribution in [0.4, 0.5) is 5.69 Å². The summed E-state index contributed by atoms with van der Waals surface area (Å²) in [7, 11) is 0. The number of carboxylic acids is 2. The zero-order valence-electron chi connectivity index (χ0n) is 18.1. The Morgan fingerprint density at radius 2 is 1.94 bits per heavy atom. The molecule has 8 nitrogen and oxygen atoms in total. The highest BCUT2D eigenvalue weighted by Crippen LogP contribution is 2.40. The van der Waals surface area contributed by atoms with Crippen molar-refractivity contribution >= 4 is 17.6 Å². The normalized spacial score (nSPS) is 20.5. The Morgan fingerprint density at radius 1 is 1.19 bits per heavy atom. The van der Waals surface area contributed by atoms with Gasteiger partial charge in [-0.25, -0.2) is 9.59 Å². The minimum Gasteiger partial charge on any atom is -0.490 e. The number of anilines is 1. The van der Waals surface area contributed by atoms with Crippen molar-refractivity contribution in [1.82, 2.24) is 5.32 Å². The number of carbonyl (C=O) groups is 2. The van der Waals surface area contributed by atoms with Crippen LogP contribution in [0.25, 0.3) is 0 Å². The number of aliphatic carboxylic acids is 2. The van der Waals surface area contributed by atoms with E-state index in [-0.39, 0.29) is 0 Å². The van der Waals surface area contributed by atoms with Crippen LogP contribution in [0.5, 0.6) is 5.75 Å². The molecule has 1 aromatic rings. The molecule has 0 saturated carbocycles. The fourth-order valence-corrected chi connectivity index (χ4v) is 4.48. The Labute approximate surface area is 182 Å². The van der Waals surface area contributed by atoms with Gasteiger partial charge in [-0.05, 0) is 74.4 Å². The molecule has 1 saturated heterocycles. The van der Waals surface area contributed by atoms with Crippen LogP contribution >= 0.6 is 0 Å². The van der Waals surface area contributed by atoms with Crippen molar-refractivity contribution in [3.05, 3.63) is 34.9 Å². The number of fused-ring (bicyclic) bond motifs is 2. The maximum atomic E-state index is 9.55. The summed E-state index contributed by atoms with van der Waals surface area (Å²) in [6, 6.07) is 2.31. The molecule has 1 fully saturated rings. The molecule has 0 radical (unpaired) electrons. The summed E-state index contributed by atoms with van der Waals surface area (Å²) in [6.45, 7) is 9.23. The number of carboxylic acid groups (broad SMARTS) is 2. The van der Waals surface area contributed by atoms with Crippen LogP contribution in [-0.4, -0.2) is 68.2 Å². The molecule has 31 heavy (non-hydrogen) atoms. The molecule has 1 unspecified atom stereocenters. The summed E-state index contributed by atoms with van der Waals surface area (Å²) in [6.07, 6.45) is 5.86. The molecule has 1 atom stereocenters. The molecule has 3 aliphatic rings. The molecule has 3 heterocycles. The fraction of sp³-hybridized carbons (Fsp3) is 0.565. The molecule has 3 aliphatic heterocycles. The molecule has 0 spiro atoms. The summed E-state index contributed by atoms with van der Waals surface area (Å²) < 4.78 is 11.7. The maximum absolute atomic E-state index is 9.55. The molecule has 1 aromatic carbocycles. The highest BCUT2D eigenvalue weighted by Gasteiger charge is 2.27. The molecule has 0 bridgehead atoms. The van der Waals surface area contributed by atoms with Crippen molar-refractivity contribution in [1.29, 1.82) is 0 Å². The first kappa shape index (κ1) is 23.1. The SMILES string of the molecule is Cc1c2c(cc3c1N(CC1CCCOC1)CCO3)CCNCC2.O=C(O)/C=C/C(=O)O. The number of hydrogen-bond acceptors (Lipinski definition) is 6. The third-order valence-corrected chi connectivity index (χ3v) is 5.89. The lowest BCUT2D eigenvalue weighted by Crippen LogP contribution is -2.39. The van der Waals surface area contributed by atoms with Gasteiger partial charge in [0.05, 0.1) is 18.8 Å². The van der Waals surface area contributed by atoms with Crippen LogP contribution in [-0.2, 0) is 27.2 Å². The molecule has 4 rings (SSSR count). The number of hydrogen-bond donors (Lipinski definition) is 3. The van der Waals surface area contributed by atoms with Crippen LogP contribution in [0.2, 0.25) is 0 Å². The Hall–Kier alpha value is -2.58. The average Bonchev–Trinajstić information content (AvgIpc) is 2.99. The van der Waals surface area contributed by atoms with Crippen molar-refractivity contribution in [3.8, 4) is 5.75 Å². The Kier molecular flexibility index (Phi) is 8.31. The van der Waals surface area contributed by atoms with E-state index >= 15 is 0 Å². The smallest absolute Gasteiger partial charge is 0.328 e. The minimum absolute atomic E-state index is 0.558. The minimum atomic E-state index is -1.26. The number of benzene rings is 1. The summed E-state index contributed by atoms with van der Waals surface area (Å²) in [5, 5.41) is 19.1. The Balaban J connectivity index is 0.000000293. The van der Waals surface area contributed by atoms with E-state index in [1.807, 2.05) is 0 Å². The fourth-order valence-electron chi connectivity index (χ4n) is 4.48. The van der Waals surface area contributed by atoms with Gasteiger partial charge in [-0.1, -0.05) is 0 Å². The summed E-state index contributed by atoms with van der Waals surface area (Å²) in [5.74, 6) is -0.750. The second kappa shape index (κ2) is 11.2. The van der Waals surface area contributed by atoms with Crippen LogP contribution in [0.3, 0.4) is 0 Å². The first-order valence-electron chi connectivity index (χ1n) is 10.9. The highest BCUT2D eigenvalue weighted by molar-refractivity contribution is 5.89. The van der Waals surface area contributed by atoms with E-state index in [0.29, 0.717) is 18.1 Å². The van der Waals surface area contributed by atoms with Crippen LogP contribution in [0.1, 0.15) is 29.5 Å². The Morgan fingerprint density at radius 3 is 2.61 bits per heavy atom. The molecule has 8 heteroatoms. The number of nitrogens with zero attached hydrogens (tertiary/aromatic N) is 1. The molecule has 170 valence electrons. The predicted octanol–water partition coefficient (Wildman–Crippen LogP) is 2.02. The van der Waals surface area contributed by atoms with Crippen molar-refractivity contribution in [2.24, 2.45) is 5.92 Å². The van der Waals surface area contributed by atoms with Gasteiger partial charge in [-0.3, -0.25) is 0 Å². The molecular formula is C23H32N2O6. The van der Waals surface area contributed by atoms with E-state index in [1.165, 1.54) is 29.7 Å². The number of nitrogens with one attached hydrogen (secondary N) is 1. The van der Waals surface area contributed by atoms with Gasteiger partial charge in [0.1, 0.15) is 12.4 Å². The van der Waals surface area contributed by atoms with E-state index < -0.39 is 11.9 Å². The first-order chi connectivity index (χ1) is 15.0. The topological polar surface area (TPSA) is 108 Å². The largest absolute Gasteiger partial charge is 0.490 e. The van der Waals surface area contributed by atoms with Gasteiger partial charge >= 0.3 is 11.9 Å². The van der Waals surface area contributed by atoms with E-state index in [0.717, 1.165) is 64.6 Å². The lowest BCUT2D eigenvalue weighted by Gasteiger charge is -2.37. The van der Waals surface area contributed by atoms with E-state index in [4.69, 9.17) is 19.7 Å². The summed E-state index contributed by atoms with van der Waals surface area (Å²) >= 11 is 0. The number of ether oxygens (including phenoxy) is 2. The van der Waals surface area contributed by atoms with Crippen molar-refractivity contribution in [2.45, 2.75) is 32.6 Å². The van der Waals surface area contributed by atoms with E-state index in [1.54, 1.807) is 5.56 Å². The monoisotopic (exact) mass is 432 g/mol. The molecule has 0 aliphatic carbocycles. The van der Waals surface area contributed by atoms with Crippen molar-refractivity contribution < 1.29 is 29.3 Å². The van der Waals surface area contributed by atoms with Gasteiger partial charge in [-0.15, -0.1) is 0 Å². The summed E-state index contributed by atoms with van der Waals surface area (Å²) in [4.78, 5) is 21.7. The zero-order chi connectivity index (χ0) is 22.2. The van der Waals surface area contributed by atoms with Gasteiger partial charge in [-0.2, -0.15) is 0 Å². The standard InChI is InChI=1S/C19H28N2O2.C4H4O4/c1-14-17-5-7-20-6-4-16(17)11-18-19(14)21(8-10-23-18)12-15-3-2-9-22-13-15;5-3(6)1-2-4(7)8/h11,15,20H,2-10,12-13H2,1H3;1-2H,(H,5,6)(H,7,8)/b;2-1+. The molecular weight excluding hydrogens is 400 g/mol. The van der Waals surface area contributed by atoms with E-state index in [9.17, 15) is 9.59 Å². The lowest BCUT2D eigenvalue weighted by atomic mass is 9.93. The molecule has 0 aromatic heterocycles. The van der Waals surface area contributed by atoms with Gasteiger partial charge in [0.2, 0.25) is 0 Å². The van der Waals surface area contributed by atoms with Gasteiger partial charge in [0.15, 0.2) is 0 Å². The lowest BCUT2D eigenvalue weighted by molar-refractivity contribution is -0.134. The average molecular weight is 433 g/mol. The predicted molar refractivity (Wildman–Crippen MR) is 117 cm³/mol. The van der Waals surface area contributed by atoms with Crippen molar-refractivity contribution in [2.75, 3.05) is 50.9 Å². The van der Waals surface area contributed by atoms with Crippen LogP contribution < -0.4 is 15.0 Å². The quantitative estimate of drug-likeness (QED) is 0.620. The highest BCUT2D eigenvalue weighted by atomic mass is 16.5. The third kappa shape index (κ3) is 6.45. The zero-order valence-corrected chi connectivity index (χ0v) is 18.1. The van der Waals surface area contributed by atoms with Gasteiger partial charge in [0, 0.05) is 25.3 Å². The Bertz CT molecular complexity index is 801. The second-order valence-electron chi connectivity index (χ2n) is 8.12. The maximum Gasteiger partial charge on any atom is 0.328 e.